The fraction of sp³-hybridized carbons (Fsp3) is 0.529. The second-order valence-electron chi connectivity index (χ2n) is 11.2. The average Bonchev–Trinajstić information content (AvgIpc) is 3.74. The van der Waals surface area contributed by atoms with Crippen molar-refractivity contribution in [2.75, 3.05) is 0 Å². The molecule has 204 valence electrons. The Balaban J connectivity index is 0.000000218. The summed E-state index contributed by atoms with van der Waals surface area (Å²) >= 11 is 7.68. The third kappa shape index (κ3) is 6.09. The Morgan fingerprint density at radius 3 is 1.37 bits per heavy atom. The summed E-state index contributed by atoms with van der Waals surface area (Å²) in [6.45, 7) is 4.62. The SMILES string of the molecule is CCCCCCCCC1(CCCCCCCC)c2ccsc2-c2sccc21.c1cc2c(s1)-c1sccc1C2. The summed E-state index contributed by atoms with van der Waals surface area (Å²) in [5, 5.41) is 9.05. The first-order valence-corrected chi connectivity index (χ1v) is 18.6. The first-order valence-electron chi connectivity index (χ1n) is 15.1. The molecular formula is C34H44S4. The van der Waals surface area contributed by atoms with Crippen molar-refractivity contribution >= 4 is 45.3 Å². The van der Waals surface area contributed by atoms with E-state index >= 15 is 0 Å². The van der Waals surface area contributed by atoms with E-state index in [2.05, 4.69) is 59.6 Å². The van der Waals surface area contributed by atoms with Gasteiger partial charge in [-0.2, -0.15) is 0 Å². The Kier molecular flexibility index (Phi) is 10.4. The monoisotopic (exact) mass is 580 g/mol. The molecule has 0 radical (unpaired) electrons. The van der Waals surface area contributed by atoms with Crippen molar-refractivity contribution in [3.63, 3.8) is 0 Å². The number of hydrogen-bond donors (Lipinski definition) is 0. The van der Waals surface area contributed by atoms with Crippen molar-refractivity contribution < 1.29 is 0 Å². The van der Waals surface area contributed by atoms with Gasteiger partial charge < -0.3 is 0 Å². The molecule has 0 spiro atoms. The van der Waals surface area contributed by atoms with Crippen molar-refractivity contribution in [1.82, 2.24) is 0 Å². The normalized spacial score (nSPS) is 14.1. The topological polar surface area (TPSA) is 0 Å². The number of thiophene rings is 4. The molecule has 0 unspecified atom stereocenters. The van der Waals surface area contributed by atoms with Gasteiger partial charge in [0, 0.05) is 31.3 Å². The Morgan fingerprint density at radius 1 is 0.500 bits per heavy atom. The summed E-state index contributed by atoms with van der Waals surface area (Å²) in [5.41, 5.74) is 6.74. The molecule has 0 aliphatic heterocycles. The van der Waals surface area contributed by atoms with Crippen LogP contribution in [0.15, 0.2) is 45.8 Å². The van der Waals surface area contributed by atoms with Crippen LogP contribution in [-0.4, -0.2) is 0 Å². The lowest BCUT2D eigenvalue weighted by molar-refractivity contribution is 0.399. The van der Waals surface area contributed by atoms with Gasteiger partial charge in [-0.3, -0.25) is 0 Å². The van der Waals surface area contributed by atoms with E-state index in [1.807, 2.05) is 45.3 Å². The zero-order chi connectivity index (χ0) is 26.2. The lowest BCUT2D eigenvalue weighted by Gasteiger charge is -2.31. The first kappa shape index (κ1) is 28.3. The molecule has 2 aliphatic carbocycles. The van der Waals surface area contributed by atoms with Crippen LogP contribution in [0.25, 0.3) is 19.5 Å². The van der Waals surface area contributed by atoms with Crippen LogP contribution in [0.1, 0.15) is 126 Å². The van der Waals surface area contributed by atoms with Gasteiger partial charge >= 0.3 is 0 Å². The number of rotatable bonds is 14. The van der Waals surface area contributed by atoms with Gasteiger partial charge in [-0.1, -0.05) is 90.9 Å². The third-order valence-electron chi connectivity index (χ3n) is 8.56. The minimum atomic E-state index is 0.334. The zero-order valence-electron chi connectivity index (χ0n) is 23.4. The van der Waals surface area contributed by atoms with Crippen LogP contribution < -0.4 is 0 Å². The van der Waals surface area contributed by atoms with Crippen LogP contribution in [0.2, 0.25) is 0 Å². The Hall–Kier alpha value is -1.20. The fourth-order valence-electron chi connectivity index (χ4n) is 6.50. The molecule has 0 N–H and O–H groups in total. The largest absolute Gasteiger partial charge is 0.143 e. The van der Waals surface area contributed by atoms with Crippen molar-refractivity contribution in [1.29, 1.82) is 0 Å². The van der Waals surface area contributed by atoms with E-state index in [1.165, 1.54) is 111 Å². The molecule has 2 aliphatic rings. The predicted octanol–water partition coefficient (Wildman–Crippen LogP) is 13.0. The van der Waals surface area contributed by atoms with E-state index in [0.29, 0.717) is 5.41 Å². The maximum absolute atomic E-state index is 2.46. The minimum absolute atomic E-state index is 0.334. The Morgan fingerprint density at radius 2 is 0.895 bits per heavy atom. The quantitative estimate of drug-likeness (QED) is 0.115. The highest BCUT2D eigenvalue weighted by Crippen LogP contribution is 2.58. The Bertz CT molecular complexity index is 1150. The highest BCUT2D eigenvalue weighted by atomic mass is 32.1. The fourth-order valence-corrected chi connectivity index (χ4v) is 10.8. The first-order chi connectivity index (χ1) is 18.8. The van der Waals surface area contributed by atoms with Gasteiger partial charge in [-0.15, -0.1) is 45.3 Å². The van der Waals surface area contributed by atoms with Crippen LogP contribution in [0, 0.1) is 0 Å². The molecule has 4 heteroatoms. The van der Waals surface area contributed by atoms with Crippen molar-refractivity contribution in [2.24, 2.45) is 0 Å². The molecule has 4 aromatic heterocycles. The molecule has 38 heavy (non-hydrogen) atoms. The van der Waals surface area contributed by atoms with E-state index in [1.54, 1.807) is 20.9 Å². The lowest BCUT2D eigenvalue weighted by Crippen LogP contribution is -2.24. The molecule has 0 aromatic carbocycles. The van der Waals surface area contributed by atoms with Gasteiger partial charge in [0.1, 0.15) is 0 Å². The summed E-state index contributed by atoms with van der Waals surface area (Å²) in [6.07, 6.45) is 20.7. The van der Waals surface area contributed by atoms with Gasteiger partial charge in [0.25, 0.3) is 0 Å². The van der Waals surface area contributed by atoms with Crippen LogP contribution in [0.5, 0.6) is 0 Å². The van der Waals surface area contributed by atoms with Crippen molar-refractivity contribution in [3.05, 3.63) is 68.0 Å². The second kappa shape index (κ2) is 13.9. The molecule has 4 heterocycles. The Labute approximate surface area is 247 Å². The maximum Gasteiger partial charge on any atom is 0.0486 e. The summed E-state index contributed by atoms with van der Waals surface area (Å²) in [7, 11) is 0. The highest BCUT2D eigenvalue weighted by molar-refractivity contribution is 7.21. The molecule has 0 saturated carbocycles. The van der Waals surface area contributed by atoms with E-state index in [-0.39, 0.29) is 0 Å². The van der Waals surface area contributed by atoms with E-state index in [9.17, 15) is 0 Å². The van der Waals surface area contributed by atoms with Crippen molar-refractivity contribution in [2.45, 2.75) is 116 Å². The third-order valence-corrected chi connectivity index (χ3v) is 12.6. The van der Waals surface area contributed by atoms with Crippen LogP contribution in [-0.2, 0) is 11.8 Å². The van der Waals surface area contributed by atoms with E-state index in [4.69, 9.17) is 0 Å². The number of hydrogen-bond acceptors (Lipinski definition) is 4. The van der Waals surface area contributed by atoms with Crippen molar-refractivity contribution in [3.8, 4) is 19.5 Å². The van der Waals surface area contributed by atoms with Gasteiger partial charge in [0.2, 0.25) is 0 Å². The zero-order valence-corrected chi connectivity index (χ0v) is 26.6. The van der Waals surface area contributed by atoms with Gasteiger partial charge in [-0.25, -0.2) is 0 Å². The van der Waals surface area contributed by atoms with Gasteiger partial charge in [0.05, 0.1) is 0 Å². The molecule has 0 atom stereocenters. The molecule has 0 saturated heterocycles. The lowest BCUT2D eigenvalue weighted by atomic mass is 9.71. The number of unbranched alkanes of at least 4 members (excludes halogenated alkanes) is 10. The van der Waals surface area contributed by atoms with Crippen LogP contribution in [0.3, 0.4) is 0 Å². The van der Waals surface area contributed by atoms with E-state index < -0.39 is 0 Å². The standard InChI is InChI=1S/C25H38S2.C9H6S2/c1-3-5-7-9-11-13-17-25(18-14-12-10-8-6-4-2)21-15-19-26-23(21)24-22(25)16-20-27-24;1-3-10-8-6(1)5-7-2-4-11-9(7)8/h15-16,19-20H,3-14,17-18H2,1-2H3;1-4H,5H2. The molecule has 6 rings (SSSR count). The van der Waals surface area contributed by atoms with Crippen LogP contribution in [0.4, 0.5) is 0 Å². The van der Waals surface area contributed by atoms with Gasteiger partial charge in [-0.05, 0) is 80.9 Å². The molecule has 0 fully saturated rings. The molecule has 4 aromatic rings. The molecule has 0 nitrogen and oxygen atoms in total. The van der Waals surface area contributed by atoms with E-state index in [0.717, 1.165) is 6.42 Å². The van der Waals surface area contributed by atoms with Gasteiger partial charge in [0.15, 0.2) is 0 Å². The summed E-state index contributed by atoms with van der Waals surface area (Å²) < 4.78 is 0. The smallest absolute Gasteiger partial charge is 0.0486 e. The van der Waals surface area contributed by atoms with Crippen LogP contribution >= 0.6 is 45.3 Å². The maximum atomic E-state index is 2.46. The predicted molar refractivity (Wildman–Crippen MR) is 175 cm³/mol. The molecule has 0 amide bonds. The number of fused-ring (bicyclic) bond motifs is 6. The summed E-state index contributed by atoms with van der Waals surface area (Å²) in [6, 6.07) is 9.40. The molecule has 0 bridgehead atoms. The average molecular weight is 581 g/mol. The highest BCUT2D eigenvalue weighted by Gasteiger charge is 2.43. The minimum Gasteiger partial charge on any atom is -0.143 e. The summed E-state index contributed by atoms with van der Waals surface area (Å²) in [4.78, 5) is 6.21. The molecular weight excluding hydrogens is 537 g/mol. The second-order valence-corrected chi connectivity index (χ2v) is 14.8. The summed E-state index contributed by atoms with van der Waals surface area (Å²) in [5.74, 6) is 0.